The lowest BCUT2D eigenvalue weighted by atomic mass is 10.2. The fourth-order valence-corrected chi connectivity index (χ4v) is 1.05. The molecule has 0 bridgehead atoms. The maximum Gasteiger partial charge on any atom is 0.126 e. The van der Waals surface area contributed by atoms with Crippen molar-refractivity contribution < 1.29 is 8.78 Å². The van der Waals surface area contributed by atoms with E-state index in [1.165, 1.54) is 6.07 Å². The maximum atomic E-state index is 12.8. The highest BCUT2D eigenvalue weighted by atomic mass is 19.1. The number of benzene rings is 1. The fraction of sp³-hybridized carbons (Fsp3) is 0.400. The molecule has 0 atom stereocenters. The Kier molecular flexibility index (Phi) is 3.68. The minimum Gasteiger partial charge on any atom is -0.385 e. The molecule has 1 N–H and O–H groups in total. The highest BCUT2D eigenvalue weighted by Gasteiger charge is 1.97. The van der Waals surface area contributed by atoms with Crippen LogP contribution in [0.1, 0.15) is 12.0 Å². The van der Waals surface area contributed by atoms with Crippen LogP contribution in [-0.2, 0) is 0 Å². The third kappa shape index (κ3) is 3.01. The van der Waals surface area contributed by atoms with Crippen LogP contribution in [0.4, 0.5) is 14.5 Å². The number of hydrogen-bond acceptors (Lipinski definition) is 1. The van der Waals surface area contributed by atoms with Crippen LogP contribution in [0.5, 0.6) is 0 Å². The summed E-state index contributed by atoms with van der Waals surface area (Å²) in [7, 11) is 0. The van der Waals surface area contributed by atoms with Gasteiger partial charge in [0.05, 0.1) is 6.67 Å². The average molecular weight is 185 g/mol. The first-order chi connectivity index (χ1) is 6.24. The zero-order chi connectivity index (χ0) is 9.68. The molecule has 0 unspecified atom stereocenters. The molecule has 1 aromatic rings. The van der Waals surface area contributed by atoms with Gasteiger partial charge >= 0.3 is 0 Å². The van der Waals surface area contributed by atoms with E-state index in [9.17, 15) is 8.78 Å². The van der Waals surface area contributed by atoms with Crippen molar-refractivity contribution in [1.82, 2.24) is 0 Å². The second-order valence-electron chi connectivity index (χ2n) is 2.93. The van der Waals surface area contributed by atoms with E-state index in [1.807, 2.05) is 0 Å². The van der Waals surface area contributed by atoms with E-state index in [0.717, 1.165) is 5.69 Å². The minimum absolute atomic E-state index is 0.212. The highest BCUT2D eigenvalue weighted by Crippen LogP contribution is 2.13. The van der Waals surface area contributed by atoms with Gasteiger partial charge < -0.3 is 5.32 Å². The Labute approximate surface area is 76.8 Å². The van der Waals surface area contributed by atoms with Crippen molar-refractivity contribution in [2.75, 3.05) is 18.5 Å². The van der Waals surface area contributed by atoms with E-state index >= 15 is 0 Å². The van der Waals surface area contributed by atoms with Gasteiger partial charge in [-0.25, -0.2) is 4.39 Å². The van der Waals surface area contributed by atoms with Gasteiger partial charge in [-0.2, -0.15) is 0 Å². The number of hydrogen-bond donors (Lipinski definition) is 1. The summed E-state index contributed by atoms with van der Waals surface area (Å²) in [4.78, 5) is 0. The van der Waals surface area contributed by atoms with Gasteiger partial charge in [-0.3, -0.25) is 4.39 Å². The number of aryl methyl sites for hydroxylation is 1. The molecule has 0 fully saturated rings. The minimum atomic E-state index is -0.326. The van der Waals surface area contributed by atoms with Crippen LogP contribution >= 0.6 is 0 Å². The summed E-state index contributed by atoms with van der Waals surface area (Å²) in [5.41, 5.74) is 1.44. The molecule has 0 aliphatic rings. The van der Waals surface area contributed by atoms with Crippen molar-refractivity contribution in [3.8, 4) is 0 Å². The monoisotopic (exact) mass is 185 g/mol. The summed E-state index contributed by atoms with van der Waals surface area (Å²) in [6.07, 6.45) is 0.483. The molecule has 3 heteroatoms. The van der Waals surface area contributed by atoms with Gasteiger partial charge in [0.25, 0.3) is 0 Å². The van der Waals surface area contributed by atoms with E-state index in [1.54, 1.807) is 19.1 Å². The maximum absolute atomic E-state index is 12.8. The second kappa shape index (κ2) is 4.80. The van der Waals surface area contributed by atoms with Crippen molar-refractivity contribution in [1.29, 1.82) is 0 Å². The lowest BCUT2D eigenvalue weighted by Crippen LogP contribution is -2.02. The van der Waals surface area contributed by atoms with Gasteiger partial charge in [-0.05, 0) is 37.1 Å². The van der Waals surface area contributed by atoms with Crippen LogP contribution in [0.15, 0.2) is 18.2 Å². The normalized spacial score (nSPS) is 10.1. The molecule has 1 nitrogen and oxygen atoms in total. The first kappa shape index (κ1) is 9.96. The Hall–Kier alpha value is -1.12. The van der Waals surface area contributed by atoms with Crippen molar-refractivity contribution in [2.24, 2.45) is 0 Å². The first-order valence-electron chi connectivity index (χ1n) is 4.30. The zero-order valence-electron chi connectivity index (χ0n) is 7.61. The summed E-state index contributed by atoms with van der Waals surface area (Å²) in [6, 6.07) is 4.78. The summed E-state index contributed by atoms with van der Waals surface area (Å²) in [5, 5.41) is 3.01. The lowest BCUT2D eigenvalue weighted by Gasteiger charge is -2.05. The van der Waals surface area contributed by atoms with Crippen molar-refractivity contribution in [3.63, 3.8) is 0 Å². The lowest BCUT2D eigenvalue weighted by molar-refractivity contribution is 0.481. The Balaban J connectivity index is 2.53. The van der Waals surface area contributed by atoms with E-state index in [4.69, 9.17) is 0 Å². The molecular weight excluding hydrogens is 172 g/mol. The molecule has 0 amide bonds. The van der Waals surface area contributed by atoms with Gasteiger partial charge in [0, 0.05) is 12.2 Å². The van der Waals surface area contributed by atoms with Gasteiger partial charge in [-0.1, -0.05) is 0 Å². The number of anilines is 1. The number of alkyl halides is 1. The standard InChI is InChI=1S/C10H13F2N/c1-8-7-9(3-4-10(8)12)13-6-2-5-11/h3-4,7,13H,2,5-6H2,1H3. The third-order valence-electron chi connectivity index (χ3n) is 1.80. The summed E-state index contributed by atoms with van der Waals surface area (Å²) in [5.74, 6) is -0.212. The number of halogens is 2. The molecule has 0 aliphatic heterocycles. The Bertz CT molecular complexity index is 274. The fourth-order valence-electron chi connectivity index (χ4n) is 1.05. The quantitative estimate of drug-likeness (QED) is 0.711. The Morgan fingerprint density at radius 1 is 1.38 bits per heavy atom. The molecule has 0 heterocycles. The van der Waals surface area contributed by atoms with Crippen molar-refractivity contribution in [2.45, 2.75) is 13.3 Å². The van der Waals surface area contributed by atoms with Gasteiger partial charge in [0.1, 0.15) is 5.82 Å². The van der Waals surface area contributed by atoms with Gasteiger partial charge in [0.15, 0.2) is 0 Å². The molecule has 0 radical (unpaired) electrons. The van der Waals surface area contributed by atoms with Crippen LogP contribution in [0, 0.1) is 12.7 Å². The molecular formula is C10H13F2N. The Morgan fingerprint density at radius 3 is 2.77 bits per heavy atom. The average Bonchev–Trinajstić information content (AvgIpc) is 2.12. The van der Waals surface area contributed by atoms with Crippen LogP contribution in [0.25, 0.3) is 0 Å². The molecule has 13 heavy (non-hydrogen) atoms. The Morgan fingerprint density at radius 2 is 2.15 bits per heavy atom. The first-order valence-corrected chi connectivity index (χ1v) is 4.30. The molecule has 0 saturated carbocycles. The predicted molar refractivity (Wildman–Crippen MR) is 50.2 cm³/mol. The summed E-state index contributed by atoms with van der Waals surface area (Å²) in [6.45, 7) is 1.96. The molecule has 0 aromatic heterocycles. The summed E-state index contributed by atoms with van der Waals surface area (Å²) >= 11 is 0. The molecule has 1 aromatic carbocycles. The summed E-state index contributed by atoms with van der Waals surface area (Å²) < 4.78 is 24.5. The third-order valence-corrected chi connectivity index (χ3v) is 1.80. The largest absolute Gasteiger partial charge is 0.385 e. The van der Waals surface area contributed by atoms with Crippen LogP contribution < -0.4 is 5.32 Å². The zero-order valence-corrected chi connectivity index (χ0v) is 7.61. The van der Waals surface area contributed by atoms with E-state index in [-0.39, 0.29) is 12.5 Å². The number of nitrogens with one attached hydrogen (secondary N) is 1. The SMILES string of the molecule is Cc1cc(NCCCF)ccc1F. The predicted octanol–water partition coefficient (Wildman–Crippen LogP) is 2.91. The molecule has 0 aliphatic carbocycles. The van der Waals surface area contributed by atoms with Crippen molar-refractivity contribution >= 4 is 5.69 Å². The topological polar surface area (TPSA) is 12.0 Å². The van der Waals surface area contributed by atoms with Crippen molar-refractivity contribution in [3.05, 3.63) is 29.6 Å². The second-order valence-corrected chi connectivity index (χ2v) is 2.93. The van der Waals surface area contributed by atoms with E-state index in [0.29, 0.717) is 18.5 Å². The highest BCUT2D eigenvalue weighted by molar-refractivity contribution is 5.45. The molecule has 0 spiro atoms. The molecule has 0 saturated heterocycles. The van der Waals surface area contributed by atoms with E-state index in [2.05, 4.69) is 5.32 Å². The molecule has 1 rings (SSSR count). The number of rotatable bonds is 4. The van der Waals surface area contributed by atoms with Crippen LogP contribution in [0.2, 0.25) is 0 Å². The van der Waals surface area contributed by atoms with Crippen LogP contribution in [-0.4, -0.2) is 13.2 Å². The van der Waals surface area contributed by atoms with Gasteiger partial charge in [-0.15, -0.1) is 0 Å². The van der Waals surface area contributed by atoms with Gasteiger partial charge in [0.2, 0.25) is 0 Å². The van der Waals surface area contributed by atoms with Crippen LogP contribution in [0.3, 0.4) is 0 Å². The smallest absolute Gasteiger partial charge is 0.126 e. The van der Waals surface area contributed by atoms with E-state index < -0.39 is 0 Å². The molecule has 72 valence electrons.